The Morgan fingerprint density at radius 2 is 2.18 bits per heavy atom. The first-order valence-corrected chi connectivity index (χ1v) is 8.40. The minimum Gasteiger partial charge on any atom is -0.389 e. The number of ether oxygens (including phenoxy) is 1. The second-order valence-electron chi connectivity index (χ2n) is 5.30. The van der Waals surface area contributed by atoms with E-state index in [0.29, 0.717) is 18.4 Å². The summed E-state index contributed by atoms with van der Waals surface area (Å²) in [6, 6.07) is 0. The zero-order valence-electron chi connectivity index (χ0n) is 11.1. The normalized spacial score (nSPS) is 23.6. The SMILES string of the molecule is CC(C)(C)OCC(O)CNCC1CSCCS1. The quantitative estimate of drug-likeness (QED) is 0.773. The van der Waals surface area contributed by atoms with Gasteiger partial charge in [-0.25, -0.2) is 0 Å². The smallest absolute Gasteiger partial charge is 0.0897 e. The Balaban J connectivity index is 2.01. The Labute approximate surface area is 113 Å². The van der Waals surface area contributed by atoms with Crippen molar-refractivity contribution in [1.29, 1.82) is 0 Å². The fourth-order valence-corrected chi connectivity index (χ4v) is 4.12. The van der Waals surface area contributed by atoms with E-state index in [2.05, 4.69) is 5.32 Å². The van der Waals surface area contributed by atoms with Gasteiger partial charge in [0.15, 0.2) is 0 Å². The second kappa shape index (κ2) is 7.89. The molecule has 2 atom stereocenters. The van der Waals surface area contributed by atoms with Crippen LogP contribution in [0.15, 0.2) is 0 Å². The Morgan fingerprint density at radius 3 is 2.76 bits per heavy atom. The van der Waals surface area contributed by atoms with Crippen LogP contribution in [0.1, 0.15) is 20.8 Å². The molecule has 3 nitrogen and oxygen atoms in total. The molecule has 102 valence electrons. The number of aliphatic hydroxyl groups is 1. The lowest BCUT2D eigenvalue weighted by molar-refractivity contribution is -0.0477. The zero-order valence-corrected chi connectivity index (χ0v) is 12.7. The summed E-state index contributed by atoms with van der Waals surface area (Å²) in [5.41, 5.74) is -0.170. The monoisotopic (exact) mass is 279 g/mol. The Kier molecular flexibility index (Phi) is 7.26. The molecule has 2 N–H and O–H groups in total. The van der Waals surface area contributed by atoms with Crippen LogP contribution in [0.4, 0.5) is 0 Å². The van der Waals surface area contributed by atoms with Gasteiger partial charge in [-0.1, -0.05) is 0 Å². The van der Waals surface area contributed by atoms with Gasteiger partial charge >= 0.3 is 0 Å². The third-order valence-electron chi connectivity index (χ3n) is 2.35. The fourth-order valence-electron chi connectivity index (χ4n) is 1.47. The van der Waals surface area contributed by atoms with Crippen LogP contribution in [0.5, 0.6) is 0 Å². The van der Waals surface area contributed by atoms with Gasteiger partial charge in [-0.15, -0.1) is 0 Å². The van der Waals surface area contributed by atoms with Gasteiger partial charge in [-0.05, 0) is 20.8 Å². The molecule has 2 unspecified atom stereocenters. The topological polar surface area (TPSA) is 41.5 Å². The molecule has 1 aliphatic rings. The van der Waals surface area contributed by atoms with Crippen molar-refractivity contribution in [3.63, 3.8) is 0 Å². The van der Waals surface area contributed by atoms with Crippen molar-refractivity contribution >= 4 is 23.5 Å². The van der Waals surface area contributed by atoms with Crippen molar-refractivity contribution in [3.05, 3.63) is 0 Å². The lowest BCUT2D eigenvalue weighted by Crippen LogP contribution is -2.37. The first-order chi connectivity index (χ1) is 7.97. The standard InChI is InChI=1S/C12H25NO2S2/c1-12(2,3)15-8-10(14)6-13-7-11-9-16-4-5-17-11/h10-11,13-14H,4-9H2,1-3H3. The highest BCUT2D eigenvalue weighted by molar-refractivity contribution is 8.06. The predicted octanol–water partition coefficient (Wildman–Crippen LogP) is 1.60. The molecule has 1 saturated heterocycles. The van der Waals surface area contributed by atoms with Crippen LogP contribution >= 0.6 is 23.5 Å². The summed E-state index contributed by atoms with van der Waals surface area (Å²) >= 11 is 4.06. The van der Waals surface area contributed by atoms with E-state index in [1.807, 2.05) is 44.3 Å². The van der Waals surface area contributed by atoms with Crippen molar-refractivity contribution in [2.24, 2.45) is 0 Å². The van der Waals surface area contributed by atoms with Crippen LogP contribution in [0, 0.1) is 0 Å². The van der Waals surface area contributed by atoms with Crippen molar-refractivity contribution in [1.82, 2.24) is 5.32 Å². The molecular formula is C12H25NO2S2. The molecule has 17 heavy (non-hydrogen) atoms. The van der Waals surface area contributed by atoms with E-state index in [1.54, 1.807) is 0 Å². The minimum absolute atomic E-state index is 0.170. The molecule has 1 fully saturated rings. The van der Waals surface area contributed by atoms with Gasteiger partial charge in [0, 0.05) is 35.6 Å². The fraction of sp³-hybridized carbons (Fsp3) is 1.00. The van der Waals surface area contributed by atoms with Gasteiger partial charge in [-0.2, -0.15) is 23.5 Å². The van der Waals surface area contributed by atoms with E-state index >= 15 is 0 Å². The summed E-state index contributed by atoms with van der Waals surface area (Å²) in [6.45, 7) is 8.03. The molecular weight excluding hydrogens is 254 g/mol. The van der Waals surface area contributed by atoms with Crippen LogP contribution in [0.2, 0.25) is 0 Å². The molecule has 0 bridgehead atoms. The number of nitrogens with one attached hydrogen (secondary N) is 1. The van der Waals surface area contributed by atoms with Crippen LogP contribution in [-0.4, -0.2) is 59.0 Å². The Hall–Kier alpha value is 0.580. The second-order valence-corrected chi connectivity index (χ2v) is 7.86. The van der Waals surface area contributed by atoms with Crippen LogP contribution in [0.3, 0.4) is 0 Å². The molecule has 0 aromatic heterocycles. The largest absolute Gasteiger partial charge is 0.389 e. The number of thioether (sulfide) groups is 2. The minimum atomic E-state index is -0.407. The number of rotatable bonds is 6. The molecule has 5 heteroatoms. The molecule has 1 aliphatic heterocycles. The van der Waals surface area contributed by atoms with Crippen molar-refractivity contribution in [3.8, 4) is 0 Å². The van der Waals surface area contributed by atoms with Crippen molar-refractivity contribution < 1.29 is 9.84 Å². The summed E-state index contributed by atoms with van der Waals surface area (Å²) in [5.74, 6) is 3.77. The van der Waals surface area contributed by atoms with E-state index in [4.69, 9.17) is 4.74 Å². The Bertz CT molecular complexity index is 203. The van der Waals surface area contributed by atoms with E-state index < -0.39 is 6.10 Å². The number of aliphatic hydroxyl groups excluding tert-OH is 1. The average molecular weight is 279 g/mol. The van der Waals surface area contributed by atoms with Gasteiger partial charge in [0.05, 0.1) is 18.3 Å². The summed E-state index contributed by atoms with van der Waals surface area (Å²) in [7, 11) is 0. The van der Waals surface area contributed by atoms with E-state index in [0.717, 1.165) is 6.54 Å². The van der Waals surface area contributed by atoms with E-state index in [9.17, 15) is 5.11 Å². The van der Waals surface area contributed by atoms with E-state index in [-0.39, 0.29) is 5.60 Å². The lowest BCUT2D eigenvalue weighted by atomic mass is 10.2. The maximum absolute atomic E-state index is 9.74. The van der Waals surface area contributed by atoms with Crippen LogP contribution in [-0.2, 0) is 4.74 Å². The van der Waals surface area contributed by atoms with E-state index in [1.165, 1.54) is 17.3 Å². The van der Waals surface area contributed by atoms with Crippen LogP contribution in [0.25, 0.3) is 0 Å². The lowest BCUT2D eigenvalue weighted by Gasteiger charge is -2.24. The zero-order chi connectivity index (χ0) is 12.7. The van der Waals surface area contributed by atoms with Gasteiger partial charge in [0.2, 0.25) is 0 Å². The molecule has 0 saturated carbocycles. The first-order valence-electron chi connectivity index (χ1n) is 6.19. The first kappa shape index (κ1) is 15.6. The molecule has 1 heterocycles. The highest BCUT2D eigenvalue weighted by Gasteiger charge is 2.16. The van der Waals surface area contributed by atoms with Gasteiger partial charge in [-0.3, -0.25) is 0 Å². The number of hydrogen-bond acceptors (Lipinski definition) is 5. The summed E-state index contributed by atoms with van der Waals surface area (Å²) in [5, 5.41) is 13.8. The molecule has 0 radical (unpaired) electrons. The maximum Gasteiger partial charge on any atom is 0.0897 e. The third kappa shape index (κ3) is 8.32. The Morgan fingerprint density at radius 1 is 1.41 bits per heavy atom. The summed E-state index contributed by atoms with van der Waals surface area (Å²) in [4.78, 5) is 0. The predicted molar refractivity (Wildman–Crippen MR) is 78.2 cm³/mol. The molecule has 0 amide bonds. The van der Waals surface area contributed by atoms with Crippen molar-refractivity contribution in [2.75, 3.05) is 37.0 Å². The van der Waals surface area contributed by atoms with Gasteiger partial charge in [0.1, 0.15) is 0 Å². The highest BCUT2D eigenvalue weighted by atomic mass is 32.2. The van der Waals surface area contributed by atoms with Gasteiger partial charge in [0.25, 0.3) is 0 Å². The maximum atomic E-state index is 9.74. The average Bonchev–Trinajstić information content (AvgIpc) is 2.27. The van der Waals surface area contributed by atoms with Gasteiger partial charge < -0.3 is 15.2 Å². The van der Waals surface area contributed by atoms with Crippen LogP contribution < -0.4 is 5.32 Å². The molecule has 0 spiro atoms. The highest BCUT2D eigenvalue weighted by Crippen LogP contribution is 2.23. The third-order valence-corrected chi connectivity index (χ3v) is 5.19. The molecule has 1 rings (SSSR count). The number of hydrogen-bond donors (Lipinski definition) is 2. The summed E-state index contributed by atoms with van der Waals surface area (Å²) in [6.07, 6.45) is -0.407. The molecule has 0 aromatic carbocycles. The molecule has 0 aliphatic carbocycles. The van der Waals surface area contributed by atoms with Crippen molar-refractivity contribution in [2.45, 2.75) is 37.7 Å². The summed E-state index contributed by atoms with van der Waals surface area (Å²) < 4.78 is 5.53. The molecule has 0 aromatic rings.